The van der Waals surface area contributed by atoms with Crippen LogP contribution in [0.5, 0.6) is 0 Å². The van der Waals surface area contributed by atoms with Crippen LogP contribution in [0.15, 0.2) is 71.8 Å². The normalized spacial score (nSPS) is 13.5. The van der Waals surface area contributed by atoms with Gasteiger partial charge in [-0.05, 0) is 55.3 Å². The minimum Gasteiger partial charge on any atom is -0.367 e. The number of anilines is 3. The number of halogens is 1. The fourth-order valence-corrected chi connectivity index (χ4v) is 4.11. The molecule has 1 aliphatic carbocycles. The molecule has 0 saturated heterocycles. The van der Waals surface area contributed by atoms with E-state index in [4.69, 9.17) is 11.6 Å². The molecule has 30 heavy (non-hydrogen) atoms. The molecule has 1 amide bonds. The minimum atomic E-state index is -3.88. The number of aromatic nitrogens is 1. The fourth-order valence-electron chi connectivity index (χ4n) is 2.74. The Morgan fingerprint density at radius 1 is 1.03 bits per heavy atom. The first kappa shape index (κ1) is 20.2. The van der Waals surface area contributed by atoms with E-state index >= 15 is 0 Å². The van der Waals surface area contributed by atoms with E-state index in [-0.39, 0.29) is 21.5 Å². The minimum absolute atomic E-state index is 0.00215. The van der Waals surface area contributed by atoms with Crippen molar-refractivity contribution < 1.29 is 13.2 Å². The molecule has 1 heterocycles. The third kappa shape index (κ3) is 4.90. The van der Waals surface area contributed by atoms with Gasteiger partial charge in [-0.3, -0.25) is 9.52 Å². The number of amides is 1. The average molecular weight is 443 g/mol. The number of hydrogen-bond acceptors (Lipinski definition) is 5. The first-order valence-corrected chi connectivity index (χ1v) is 11.2. The Labute approximate surface area is 179 Å². The molecular weight excluding hydrogens is 424 g/mol. The molecular formula is C21H19ClN4O3S. The third-order valence-electron chi connectivity index (χ3n) is 4.48. The second-order valence-corrected chi connectivity index (χ2v) is 9.01. The smallest absolute Gasteiger partial charge is 0.262 e. The zero-order chi connectivity index (χ0) is 21.1. The predicted molar refractivity (Wildman–Crippen MR) is 118 cm³/mol. The van der Waals surface area contributed by atoms with Crippen molar-refractivity contribution in [3.8, 4) is 0 Å². The van der Waals surface area contributed by atoms with Crippen LogP contribution in [-0.2, 0) is 10.0 Å². The van der Waals surface area contributed by atoms with Crippen LogP contribution in [-0.4, -0.2) is 25.4 Å². The quantitative estimate of drug-likeness (QED) is 0.504. The molecule has 1 fully saturated rings. The van der Waals surface area contributed by atoms with Gasteiger partial charge >= 0.3 is 0 Å². The summed E-state index contributed by atoms with van der Waals surface area (Å²) < 4.78 is 27.8. The number of benzene rings is 2. The van der Waals surface area contributed by atoms with Gasteiger partial charge in [-0.1, -0.05) is 29.8 Å². The van der Waals surface area contributed by atoms with Gasteiger partial charge in [0.1, 0.15) is 5.82 Å². The van der Waals surface area contributed by atoms with Crippen molar-refractivity contribution in [2.45, 2.75) is 23.8 Å². The summed E-state index contributed by atoms with van der Waals surface area (Å²) in [4.78, 5) is 16.7. The second-order valence-electron chi connectivity index (χ2n) is 6.92. The lowest BCUT2D eigenvalue weighted by Gasteiger charge is -2.11. The zero-order valence-electron chi connectivity index (χ0n) is 15.8. The van der Waals surface area contributed by atoms with Gasteiger partial charge in [0.05, 0.1) is 21.2 Å². The summed E-state index contributed by atoms with van der Waals surface area (Å²) in [6.07, 6.45) is 3.75. The lowest BCUT2D eigenvalue weighted by Crippen LogP contribution is -2.15. The van der Waals surface area contributed by atoms with Crippen molar-refractivity contribution in [3.05, 3.63) is 77.4 Å². The molecule has 3 N–H and O–H groups in total. The molecule has 0 unspecified atom stereocenters. The van der Waals surface area contributed by atoms with E-state index in [0.717, 1.165) is 18.7 Å². The number of nitrogens with one attached hydrogen (secondary N) is 3. The highest BCUT2D eigenvalue weighted by Gasteiger charge is 2.21. The van der Waals surface area contributed by atoms with Gasteiger partial charge in [0.25, 0.3) is 15.9 Å². The largest absolute Gasteiger partial charge is 0.367 e. The lowest BCUT2D eigenvalue weighted by molar-refractivity contribution is 0.102. The average Bonchev–Trinajstić information content (AvgIpc) is 3.54. The molecule has 0 bridgehead atoms. The number of rotatable bonds is 7. The molecule has 4 rings (SSSR count). The predicted octanol–water partition coefficient (Wildman–Crippen LogP) is 4.36. The molecule has 2 aromatic carbocycles. The number of carbonyl (C=O) groups excluding carboxylic acids is 1. The summed E-state index contributed by atoms with van der Waals surface area (Å²) in [5, 5.41) is 6.24. The van der Waals surface area contributed by atoms with Crippen molar-refractivity contribution in [2.24, 2.45) is 0 Å². The molecule has 0 aliphatic heterocycles. The summed E-state index contributed by atoms with van der Waals surface area (Å²) in [6.45, 7) is 0. The van der Waals surface area contributed by atoms with Crippen LogP contribution in [0.3, 0.4) is 0 Å². The summed E-state index contributed by atoms with van der Waals surface area (Å²) in [5.41, 5.74) is 1.00. The highest BCUT2D eigenvalue weighted by atomic mass is 35.5. The SMILES string of the molecule is O=C(Nc1cccc(S(=O)(=O)Nc2ccccc2Cl)c1)c1ccc(NC2CC2)nc1. The molecule has 3 aromatic rings. The third-order valence-corrected chi connectivity index (χ3v) is 6.17. The monoisotopic (exact) mass is 442 g/mol. The van der Waals surface area contributed by atoms with E-state index < -0.39 is 10.0 Å². The highest BCUT2D eigenvalue weighted by Crippen LogP contribution is 2.25. The Morgan fingerprint density at radius 2 is 1.83 bits per heavy atom. The van der Waals surface area contributed by atoms with E-state index in [2.05, 4.69) is 20.3 Å². The van der Waals surface area contributed by atoms with Crippen LogP contribution in [0, 0.1) is 0 Å². The van der Waals surface area contributed by atoms with Gasteiger partial charge in [0.2, 0.25) is 0 Å². The van der Waals surface area contributed by atoms with E-state index in [0.29, 0.717) is 17.3 Å². The van der Waals surface area contributed by atoms with Crippen molar-refractivity contribution in [2.75, 3.05) is 15.4 Å². The van der Waals surface area contributed by atoms with Crippen LogP contribution in [0.4, 0.5) is 17.2 Å². The van der Waals surface area contributed by atoms with Gasteiger partial charge in [0, 0.05) is 17.9 Å². The van der Waals surface area contributed by atoms with Crippen molar-refractivity contribution in [1.82, 2.24) is 4.98 Å². The number of pyridine rings is 1. The van der Waals surface area contributed by atoms with Crippen molar-refractivity contribution >= 4 is 44.7 Å². The molecule has 7 nitrogen and oxygen atoms in total. The Kier molecular flexibility index (Phi) is 5.61. The first-order valence-electron chi connectivity index (χ1n) is 9.32. The van der Waals surface area contributed by atoms with Crippen LogP contribution in [0.1, 0.15) is 23.2 Å². The Balaban J connectivity index is 1.47. The number of hydrogen-bond donors (Lipinski definition) is 3. The van der Waals surface area contributed by atoms with Gasteiger partial charge in [-0.2, -0.15) is 0 Å². The van der Waals surface area contributed by atoms with E-state index in [1.165, 1.54) is 18.3 Å². The van der Waals surface area contributed by atoms with Crippen molar-refractivity contribution in [3.63, 3.8) is 0 Å². The summed E-state index contributed by atoms with van der Waals surface area (Å²) in [7, 11) is -3.88. The van der Waals surface area contributed by atoms with Crippen LogP contribution in [0.2, 0.25) is 5.02 Å². The van der Waals surface area contributed by atoms with Gasteiger partial charge < -0.3 is 10.6 Å². The van der Waals surface area contributed by atoms with E-state index in [1.54, 1.807) is 48.5 Å². The van der Waals surface area contributed by atoms with Crippen LogP contribution >= 0.6 is 11.6 Å². The molecule has 0 radical (unpaired) electrons. The van der Waals surface area contributed by atoms with Gasteiger partial charge in [-0.15, -0.1) is 0 Å². The Morgan fingerprint density at radius 3 is 2.53 bits per heavy atom. The highest BCUT2D eigenvalue weighted by molar-refractivity contribution is 7.92. The number of nitrogens with zero attached hydrogens (tertiary/aromatic N) is 1. The molecule has 154 valence electrons. The number of sulfonamides is 1. The van der Waals surface area contributed by atoms with Crippen LogP contribution < -0.4 is 15.4 Å². The maximum Gasteiger partial charge on any atom is 0.262 e. The maximum atomic E-state index is 12.7. The summed E-state index contributed by atoms with van der Waals surface area (Å²) in [5.74, 6) is 0.349. The second kappa shape index (κ2) is 8.33. The van der Waals surface area contributed by atoms with Gasteiger partial charge in [0.15, 0.2) is 0 Å². The molecule has 1 aliphatic rings. The molecule has 0 spiro atoms. The van der Waals surface area contributed by atoms with E-state index in [1.807, 2.05) is 0 Å². The molecule has 9 heteroatoms. The number of carbonyl (C=O) groups is 1. The lowest BCUT2D eigenvalue weighted by atomic mass is 10.2. The molecule has 1 aromatic heterocycles. The van der Waals surface area contributed by atoms with E-state index in [9.17, 15) is 13.2 Å². The summed E-state index contributed by atoms with van der Waals surface area (Å²) in [6, 6.07) is 16.4. The molecule has 1 saturated carbocycles. The zero-order valence-corrected chi connectivity index (χ0v) is 17.4. The topological polar surface area (TPSA) is 100 Å². The summed E-state index contributed by atoms with van der Waals surface area (Å²) >= 11 is 6.03. The molecule has 0 atom stereocenters. The van der Waals surface area contributed by atoms with Crippen LogP contribution in [0.25, 0.3) is 0 Å². The number of para-hydroxylation sites is 1. The first-order chi connectivity index (χ1) is 14.4. The standard InChI is InChI=1S/C21H19ClN4O3S/c22-18-6-1-2-7-19(18)26-30(28,29)17-5-3-4-16(12-17)25-21(27)14-8-11-20(23-13-14)24-15-9-10-15/h1-8,11-13,15,26H,9-10H2,(H,23,24)(H,25,27). The van der Waals surface area contributed by atoms with Gasteiger partial charge in [-0.25, -0.2) is 13.4 Å². The Bertz CT molecular complexity index is 1180. The fraction of sp³-hybridized carbons (Fsp3) is 0.143. The Hall–Kier alpha value is -3.10. The van der Waals surface area contributed by atoms with Crippen molar-refractivity contribution in [1.29, 1.82) is 0 Å². The maximum absolute atomic E-state index is 12.7.